The molecule has 0 aliphatic heterocycles. The van der Waals surface area contributed by atoms with Gasteiger partial charge >= 0.3 is 6.18 Å². The van der Waals surface area contributed by atoms with Gasteiger partial charge in [0.05, 0.1) is 17.3 Å². The molecule has 0 aliphatic rings. The number of halogens is 4. The Kier molecular flexibility index (Phi) is 5.00. The van der Waals surface area contributed by atoms with Crippen LogP contribution in [0.15, 0.2) is 53.8 Å². The number of rotatable bonds is 4. The van der Waals surface area contributed by atoms with Gasteiger partial charge in [0.1, 0.15) is 0 Å². The van der Waals surface area contributed by atoms with E-state index in [4.69, 9.17) is 11.6 Å². The smallest absolute Gasteiger partial charge is 0.301 e. The van der Waals surface area contributed by atoms with Crippen LogP contribution in [0.2, 0.25) is 5.02 Å². The molecule has 1 atom stereocenters. The quantitative estimate of drug-likeness (QED) is 0.689. The third-order valence-electron chi connectivity index (χ3n) is 3.56. The normalized spacial score (nSPS) is 12.9. The average Bonchev–Trinajstić information content (AvgIpc) is 2.49. The van der Waals surface area contributed by atoms with Crippen LogP contribution in [0.25, 0.3) is 11.3 Å². The van der Waals surface area contributed by atoms with Crippen LogP contribution in [-0.4, -0.2) is 4.57 Å². The number of pyridine rings is 1. The molecule has 0 saturated heterocycles. The van der Waals surface area contributed by atoms with Gasteiger partial charge in [-0.1, -0.05) is 36.7 Å². The summed E-state index contributed by atoms with van der Waals surface area (Å²) in [7, 11) is 0. The lowest BCUT2D eigenvalue weighted by atomic mass is 10.1. The first-order valence-corrected chi connectivity index (χ1v) is 7.38. The lowest BCUT2D eigenvalue weighted by Gasteiger charge is -2.21. The van der Waals surface area contributed by atoms with Gasteiger partial charge in [0.15, 0.2) is 0 Å². The van der Waals surface area contributed by atoms with Crippen molar-refractivity contribution in [3.05, 3.63) is 70.0 Å². The predicted octanol–water partition coefficient (Wildman–Crippen LogP) is 5.32. The van der Waals surface area contributed by atoms with Gasteiger partial charge < -0.3 is 4.57 Å². The average molecular weight is 342 g/mol. The molecule has 23 heavy (non-hydrogen) atoms. The Balaban J connectivity index is 2.78. The lowest BCUT2D eigenvalue weighted by molar-refractivity contribution is -0.137. The van der Waals surface area contributed by atoms with Crippen LogP contribution in [0.5, 0.6) is 0 Å². The Labute approximate surface area is 136 Å². The zero-order valence-electron chi connectivity index (χ0n) is 12.4. The first kappa shape index (κ1) is 17.3. The summed E-state index contributed by atoms with van der Waals surface area (Å²) in [4.78, 5) is 12.3. The Morgan fingerprint density at radius 2 is 1.87 bits per heavy atom. The summed E-state index contributed by atoms with van der Waals surface area (Å²) in [6.07, 6.45) is -2.50. The van der Waals surface area contributed by atoms with Crippen molar-refractivity contribution < 1.29 is 13.2 Å². The summed E-state index contributed by atoms with van der Waals surface area (Å²) in [5.41, 5.74) is -1.01. The Hall–Kier alpha value is -2.01. The van der Waals surface area contributed by atoms with E-state index in [1.54, 1.807) is 30.3 Å². The minimum absolute atomic E-state index is 0.188. The number of aromatic nitrogens is 1. The maximum absolute atomic E-state index is 13.0. The number of allylic oxidation sites excluding steroid dienone is 1. The van der Waals surface area contributed by atoms with Crippen molar-refractivity contribution in [3.63, 3.8) is 0 Å². The van der Waals surface area contributed by atoms with Crippen LogP contribution < -0.4 is 5.56 Å². The molecule has 2 aromatic rings. The molecular weight excluding hydrogens is 327 g/mol. The molecule has 0 saturated carbocycles. The number of hydrogen-bond acceptors (Lipinski definition) is 1. The fraction of sp³-hybridized carbons (Fsp3) is 0.235. The summed E-state index contributed by atoms with van der Waals surface area (Å²) in [6.45, 7) is 5.50. The number of alkyl halides is 3. The molecular formula is C17H15ClF3NO. The van der Waals surface area contributed by atoms with E-state index in [1.807, 2.05) is 6.92 Å². The molecule has 1 aromatic heterocycles. The highest BCUT2D eigenvalue weighted by molar-refractivity contribution is 6.30. The SMILES string of the molecule is C=CC(CC)n1c(-c2ccc(Cl)cc2)cc(C(F)(F)F)cc1=O. The summed E-state index contributed by atoms with van der Waals surface area (Å²) in [5.74, 6) is 0. The van der Waals surface area contributed by atoms with Crippen molar-refractivity contribution in [2.75, 3.05) is 0 Å². The summed E-state index contributed by atoms with van der Waals surface area (Å²) < 4.78 is 40.4. The molecule has 122 valence electrons. The molecule has 1 heterocycles. The predicted molar refractivity (Wildman–Crippen MR) is 85.7 cm³/mol. The van der Waals surface area contributed by atoms with Gasteiger partial charge in [-0.05, 0) is 30.2 Å². The summed E-state index contributed by atoms with van der Waals surface area (Å²) in [6, 6.07) is 7.52. The van der Waals surface area contributed by atoms with Gasteiger partial charge in [0.25, 0.3) is 5.56 Å². The van der Waals surface area contributed by atoms with E-state index in [0.29, 0.717) is 23.1 Å². The lowest BCUT2D eigenvalue weighted by Crippen LogP contribution is -2.26. The highest BCUT2D eigenvalue weighted by Gasteiger charge is 2.32. The van der Waals surface area contributed by atoms with Crippen molar-refractivity contribution in [2.45, 2.75) is 25.6 Å². The number of hydrogen-bond donors (Lipinski definition) is 0. The number of benzene rings is 1. The van der Waals surface area contributed by atoms with Crippen molar-refractivity contribution in [1.82, 2.24) is 4.57 Å². The van der Waals surface area contributed by atoms with Crippen LogP contribution >= 0.6 is 11.6 Å². The standard InChI is InChI=1S/C17H15ClF3NO/c1-3-14(4-2)22-15(11-5-7-13(18)8-6-11)9-12(10-16(22)23)17(19,20)21/h3,5-10,14H,1,4H2,2H3. The van der Waals surface area contributed by atoms with Crippen molar-refractivity contribution in [3.8, 4) is 11.3 Å². The maximum atomic E-state index is 13.0. The second-order valence-corrected chi connectivity index (χ2v) is 5.49. The number of nitrogens with zero attached hydrogens (tertiary/aromatic N) is 1. The second-order valence-electron chi connectivity index (χ2n) is 5.05. The highest BCUT2D eigenvalue weighted by atomic mass is 35.5. The third kappa shape index (κ3) is 3.67. The minimum Gasteiger partial charge on any atom is -0.301 e. The zero-order chi connectivity index (χ0) is 17.2. The van der Waals surface area contributed by atoms with Crippen LogP contribution in [0.4, 0.5) is 13.2 Å². The van der Waals surface area contributed by atoms with E-state index < -0.39 is 23.3 Å². The van der Waals surface area contributed by atoms with Crippen molar-refractivity contribution in [1.29, 1.82) is 0 Å². The van der Waals surface area contributed by atoms with E-state index in [1.165, 1.54) is 4.57 Å². The van der Waals surface area contributed by atoms with Gasteiger partial charge in [0, 0.05) is 11.1 Å². The Morgan fingerprint density at radius 1 is 1.26 bits per heavy atom. The van der Waals surface area contributed by atoms with Gasteiger partial charge in [-0.15, -0.1) is 6.58 Å². The monoisotopic (exact) mass is 341 g/mol. The molecule has 0 N–H and O–H groups in total. The molecule has 0 spiro atoms. The molecule has 6 heteroatoms. The fourth-order valence-electron chi connectivity index (χ4n) is 2.38. The largest absolute Gasteiger partial charge is 0.416 e. The second kappa shape index (κ2) is 6.62. The molecule has 2 nitrogen and oxygen atoms in total. The molecule has 2 rings (SSSR count). The van der Waals surface area contributed by atoms with Crippen molar-refractivity contribution >= 4 is 11.6 Å². The first-order chi connectivity index (χ1) is 10.8. The highest BCUT2D eigenvalue weighted by Crippen LogP contribution is 2.32. The van der Waals surface area contributed by atoms with Crippen molar-refractivity contribution in [2.24, 2.45) is 0 Å². The van der Waals surface area contributed by atoms with Crippen LogP contribution in [-0.2, 0) is 6.18 Å². The van der Waals surface area contributed by atoms with E-state index in [2.05, 4.69) is 6.58 Å². The van der Waals surface area contributed by atoms with Crippen LogP contribution in [0.1, 0.15) is 24.9 Å². The van der Waals surface area contributed by atoms with Gasteiger partial charge in [-0.25, -0.2) is 0 Å². The minimum atomic E-state index is -4.59. The van der Waals surface area contributed by atoms with Gasteiger partial charge in [-0.2, -0.15) is 13.2 Å². The Morgan fingerprint density at radius 3 is 2.35 bits per heavy atom. The molecule has 1 aromatic carbocycles. The zero-order valence-corrected chi connectivity index (χ0v) is 13.2. The topological polar surface area (TPSA) is 22.0 Å². The fourth-order valence-corrected chi connectivity index (χ4v) is 2.51. The van der Waals surface area contributed by atoms with E-state index in [0.717, 1.165) is 6.07 Å². The van der Waals surface area contributed by atoms with Gasteiger partial charge in [0.2, 0.25) is 0 Å². The van der Waals surface area contributed by atoms with E-state index in [9.17, 15) is 18.0 Å². The molecule has 0 bridgehead atoms. The molecule has 1 unspecified atom stereocenters. The molecule has 0 radical (unpaired) electrons. The van der Waals surface area contributed by atoms with E-state index in [-0.39, 0.29) is 5.69 Å². The summed E-state index contributed by atoms with van der Waals surface area (Å²) >= 11 is 5.83. The molecule has 0 amide bonds. The maximum Gasteiger partial charge on any atom is 0.416 e. The van der Waals surface area contributed by atoms with Crippen LogP contribution in [0, 0.1) is 0 Å². The van der Waals surface area contributed by atoms with Gasteiger partial charge in [-0.3, -0.25) is 4.79 Å². The van der Waals surface area contributed by atoms with Crippen LogP contribution in [0.3, 0.4) is 0 Å². The Bertz CT molecular complexity index is 763. The van der Waals surface area contributed by atoms with E-state index >= 15 is 0 Å². The molecule has 0 aliphatic carbocycles. The molecule has 0 fully saturated rings. The first-order valence-electron chi connectivity index (χ1n) is 7.00. The third-order valence-corrected chi connectivity index (χ3v) is 3.81. The summed E-state index contributed by atoms with van der Waals surface area (Å²) in [5, 5.41) is 0.463.